The molecule has 0 fully saturated rings. The Morgan fingerprint density at radius 2 is 2.06 bits per heavy atom. The second-order valence-corrected chi connectivity index (χ2v) is 4.45. The van der Waals surface area contributed by atoms with E-state index < -0.39 is 0 Å². The van der Waals surface area contributed by atoms with Crippen molar-refractivity contribution < 1.29 is 9.30 Å². The molecule has 0 N–H and O–H groups in total. The molecule has 0 aliphatic heterocycles. The van der Waals surface area contributed by atoms with Gasteiger partial charge in [0.2, 0.25) is 6.33 Å². The van der Waals surface area contributed by atoms with E-state index in [1.807, 2.05) is 42.5 Å². The molecule has 0 saturated carbocycles. The number of hydrogen-bond donors (Lipinski definition) is 0. The van der Waals surface area contributed by atoms with Gasteiger partial charge in [-0.05, 0) is 6.92 Å². The fourth-order valence-electron chi connectivity index (χ4n) is 1.73. The molecule has 0 aliphatic carbocycles. The summed E-state index contributed by atoms with van der Waals surface area (Å²) in [6.45, 7) is 7.47. The van der Waals surface area contributed by atoms with Gasteiger partial charge >= 0.3 is 0 Å². The van der Waals surface area contributed by atoms with Crippen LogP contribution in [0.3, 0.4) is 0 Å². The molecule has 0 radical (unpaired) electrons. The smallest absolute Gasteiger partial charge is 0.243 e. The van der Waals surface area contributed by atoms with E-state index in [9.17, 15) is 0 Å². The maximum absolute atomic E-state index is 5.66. The van der Waals surface area contributed by atoms with Crippen LogP contribution in [0.5, 0.6) is 0 Å². The standard InChI is InChI=1S/C15H19N2O/c1-13-4-6-15(7-5-13)14(2)18-11-10-17-9-8-16(3)12-17/h4-9,12H,2,10-11H2,1,3H3/q+1. The SMILES string of the molecule is C=C(OCCn1cc[n+](C)c1)c1ccc(C)cc1. The highest BCUT2D eigenvalue weighted by molar-refractivity contribution is 5.57. The quantitative estimate of drug-likeness (QED) is 0.582. The lowest BCUT2D eigenvalue weighted by Crippen LogP contribution is -2.24. The van der Waals surface area contributed by atoms with Crippen LogP contribution in [0.2, 0.25) is 0 Å². The molecule has 3 heteroatoms. The summed E-state index contributed by atoms with van der Waals surface area (Å²) >= 11 is 0. The third-order valence-corrected chi connectivity index (χ3v) is 2.82. The van der Waals surface area contributed by atoms with Crippen LogP contribution in [-0.2, 0) is 18.3 Å². The van der Waals surface area contributed by atoms with E-state index in [0.717, 1.165) is 17.9 Å². The zero-order valence-electron chi connectivity index (χ0n) is 11.0. The van der Waals surface area contributed by atoms with Gasteiger partial charge in [-0.2, -0.15) is 0 Å². The maximum atomic E-state index is 5.66. The van der Waals surface area contributed by atoms with Gasteiger partial charge in [0.15, 0.2) is 0 Å². The first kappa shape index (κ1) is 12.4. The Labute approximate surface area is 108 Å². The van der Waals surface area contributed by atoms with Gasteiger partial charge in [-0.15, -0.1) is 0 Å². The Morgan fingerprint density at radius 3 is 2.67 bits per heavy atom. The first-order chi connectivity index (χ1) is 8.65. The summed E-state index contributed by atoms with van der Waals surface area (Å²) in [6, 6.07) is 8.20. The summed E-state index contributed by atoms with van der Waals surface area (Å²) in [5.41, 5.74) is 2.28. The molecule has 1 aromatic carbocycles. The zero-order chi connectivity index (χ0) is 13.0. The van der Waals surface area contributed by atoms with Crippen LogP contribution in [0.4, 0.5) is 0 Å². The number of aromatic nitrogens is 2. The Kier molecular flexibility index (Phi) is 3.82. The fraction of sp³-hybridized carbons (Fsp3) is 0.267. The van der Waals surface area contributed by atoms with Crippen molar-refractivity contribution >= 4 is 5.76 Å². The third kappa shape index (κ3) is 3.23. The van der Waals surface area contributed by atoms with Crippen molar-refractivity contribution in [2.45, 2.75) is 13.5 Å². The minimum atomic E-state index is 0.626. The summed E-state index contributed by atoms with van der Waals surface area (Å²) in [5.74, 6) is 0.728. The average Bonchev–Trinajstić information content (AvgIpc) is 2.76. The first-order valence-corrected chi connectivity index (χ1v) is 6.05. The molecule has 18 heavy (non-hydrogen) atoms. The molecule has 0 spiro atoms. The minimum absolute atomic E-state index is 0.626. The van der Waals surface area contributed by atoms with Gasteiger partial charge in [-0.25, -0.2) is 9.13 Å². The lowest BCUT2D eigenvalue weighted by molar-refractivity contribution is -0.671. The lowest BCUT2D eigenvalue weighted by Gasteiger charge is -2.08. The van der Waals surface area contributed by atoms with Crippen molar-refractivity contribution in [2.24, 2.45) is 7.05 Å². The van der Waals surface area contributed by atoms with Crippen molar-refractivity contribution in [1.82, 2.24) is 4.57 Å². The summed E-state index contributed by atoms with van der Waals surface area (Å²) in [6.07, 6.45) is 6.06. The van der Waals surface area contributed by atoms with Crippen LogP contribution >= 0.6 is 0 Å². The minimum Gasteiger partial charge on any atom is -0.489 e. The molecule has 3 nitrogen and oxygen atoms in total. The van der Waals surface area contributed by atoms with Gasteiger partial charge in [0, 0.05) is 5.56 Å². The summed E-state index contributed by atoms with van der Waals surface area (Å²) in [7, 11) is 2.00. The highest BCUT2D eigenvalue weighted by Crippen LogP contribution is 2.14. The topological polar surface area (TPSA) is 18.0 Å². The van der Waals surface area contributed by atoms with Gasteiger partial charge in [0.25, 0.3) is 0 Å². The van der Waals surface area contributed by atoms with Crippen molar-refractivity contribution in [1.29, 1.82) is 0 Å². The Hall–Kier alpha value is -2.03. The van der Waals surface area contributed by atoms with Crippen LogP contribution in [0, 0.1) is 6.92 Å². The van der Waals surface area contributed by atoms with Crippen LogP contribution in [-0.4, -0.2) is 11.2 Å². The molecule has 0 bridgehead atoms. The molecule has 2 rings (SSSR count). The van der Waals surface area contributed by atoms with Gasteiger partial charge in [0.1, 0.15) is 31.3 Å². The summed E-state index contributed by atoms with van der Waals surface area (Å²) in [5, 5.41) is 0. The predicted octanol–water partition coefficient (Wildman–Crippen LogP) is 2.31. The number of hydrogen-bond acceptors (Lipinski definition) is 1. The molecule has 2 aromatic rings. The van der Waals surface area contributed by atoms with Gasteiger partial charge in [-0.1, -0.05) is 36.4 Å². The third-order valence-electron chi connectivity index (χ3n) is 2.82. The Balaban J connectivity index is 1.83. The molecule has 0 atom stereocenters. The van der Waals surface area contributed by atoms with Crippen molar-refractivity contribution in [2.75, 3.05) is 6.61 Å². The van der Waals surface area contributed by atoms with Gasteiger partial charge in [0.05, 0.1) is 7.05 Å². The molecule has 0 unspecified atom stereocenters. The van der Waals surface area contributed by atoms with E-state index in [2.05, 4.69) is 30.2 Å². The second-order valence-electron chi connectivity index (χ2n) is 4.45. The van der Waals surface area contributed by atoms with E-state index >= 15 is 0 Å². The molecule has 1 heterocycles. The number of rotatable bonds is 5. The summed E-state index contributed by atoms with van der Waals surface area (Å²) in [4.78, 5) is 0. The normalized spacial score (nSPS) is 10.3. The Morgan fingerprint density at radius 1 is 1.33 bits per heavy atom. The number of benzene rings is 1. The van der Waals surface area contributed by atoms with Crippen LogP contribution in [0.1, 0.15) is 11.1 Å². The number of imidazole rings is 1. The van der Waals surface area contributed by atoms with Gasteiger partial charge in [-0.3, -0.25) is 0 Å². The molecule has 1 aromatic heterocycles. The predicted molar refractivity (Wildman–Crippen MR) is 71.8 cm³/mol. The van der Waals surface area contributed by atoms with Crippen LogP contribution < -0.4 is 4.57 Å². The van der Waals surface area contributed by atoms with E-state index in [1.165, 1.54) is 5.56 Å². The molecule has 0 aliphatic rings. The van der Waals surface area contributed by atoms with E-state index in [0.29, 0.717) is 6.61 Å². The van der Waals surface area contributed by atoms with Crippen molar-refractivity contribution in [3.63, 3.8) is 0 Å². The van der Waals surface area contributed by atoms with E-state index in [4.69, 9.17) is 4.74 Å². The molecule has 94 valence electrons. The largest absolute Gasteiger partial charge is 0.489 e. The first-order valence-electron chi connectivity index (χ1n) is 6.05. The van der Waals surface area contributed by atoms with E-state index in [-0.39, 0.29) is 0 Å². The molecular weight excluding hydrogens is 224 g/mol. The van der Waals surface area contributed by atoms with Crippen LogP contribution in [0.25, 0.3) is 5.76 Å². The van der Waals surface area contributed by atoms with Gasteiger partial charge < -0.3 is 4.74 Å². The highest BCUT2D eigenvalue weighted by Gasteiger charge is 2.02. The van der Waals surface area contributed by atoms with Crippen LogP contribution in [0.15, 0.2) is 49.6 Å². The number of aryl methyl sites for hydroxylation is 2. The number of ether oxygens (including phenoxy) is 1. The molecule has 0 saturated heterocycles. The highest BCUT2D eigenvalue weighted by atomic mass is 16.5. The second kappa shape index (κ2) is 5.54. The molecule has 0 amide bonds. The average molecular weight is 243 g/mol. The van der Waals surface area contributed by atoms with Crippen molar-refractivity contribution in [3.05, 3.63) is 60.7 Å². The Bertz CT molecular complexity index is 526. The maximum Gasteiger partial charge on any atom is 0.243 e. The zero-order valence-corrected chi connectivity index (χ0v) is 11.0. The summed E-state index contributed by atoms with van der Waals surface area (Å²) < 4.78 is 9.75. The fourth-order valence-corrected chi connectivity index (χ4v) is 1.73. The van der Waals surface area contributed by atoms with Crippen molar-refractivity contribution in [3.8, 4) is 0 Å². The number of nitrogens with zero attached hydrogens (tertiary/aromatic N) is 2. The van der Waals surface area contributed by atoms with E-state index in [1.54, 1.807) is 0 Å². The lowest BCUT2D eigenvalue weighted by atomic mass is 10.1. The molecular formula is C15H19N2O+. The monoisotopic (exact) mass is 243 g/mol.